The molecule has 4 aliphatic carbocycles. The third-order valence-corrected chi connectivity index (χ3v) is 11.1. The smallest absolute Gasteiger partial charge is 0.184 e. The number of hydrogen-bond acceptors (Lipinski definition) is 2. The first-order chi connectivity index (χ1) is 15.1. The van der Waals surface area contributed by atoms with Gasteiger partial charge in [0.2, 0.25) is 0 Å². The van der Waals surface area contributed by atoms with Gasteiger partial charge in [-0.25, -0.2) is 0 Å². The van der Waals surface area contributed by atoms with E-state index >= 15 is 0 Å². The molecule has 0 bridgehead atoms. The number of fused-ring (bicyclic) bond motifs is 5. The highest BCUT2D eigenvalue weighted by atomic mass is 32.1. The maximum Gasteiger partial charge on any atom is 0.184 e. The Balaban J connectivity index is 1.43. The molecule has 4 rings (SSSR count). The zero-order valence-electron chi connectivity index (χ0n) is 21.5. The number of nitrogens with two attached hydrogens (primary N) is 1. The number of nitrogens with zero attached hydrogens (tertiary/aromatic N) is 1. The highest BCUT2D eigenvalue weighted by molar-refractivity contribution is 7.80. The van der Waals surface area contributed by atoms with Gasteiger partial charge in [-0.2, -0.15) is 5.10 Å². The summed E-state index contributed by atoms with van der Waals surface area (Å²) in [6, 6.07) is 0. The van der Waals surface area contributed by atoms with Crippen molar-refractivity contribution in [2.45, 2.75) is 112 Å². The van der Waals surface area contributed by atoms with Crippen LogP contribution in [0, 0.1) is 52.3 Å². The molecule has 3 nitrogen and oxygen atoms in total. The van der Waals surface area contributed by atoms with Crippen molar-refractivity contribution in [1.82, 2.24) is 5.43 Å². The summed E-state index contributed by atoms with van der Waals surface area (Å²) in [6.07, 6.45) is 16.6. The average Bonchev–Trinajstić information content (AvgIpc) is 3.09. The van der Waals surface area contributed by atoms with Crippen molar-refractivity contribution in [1.29, 1.82) is 0 Å². The third-order valence-electron chi connectivity index (χ3n) is 11.0. The zero-order chi connectivity index (χ0) is 23.1. The molecule has 0 aromatic carbocycles. The van der Waals surface area contributed by atoms with Gasteiger partial charge in [0.25, 0.3) is 0 Å². The van der Waals surface area contributed by atoms with Crippen molar-refractivity contribution in [2.75, 3.05) is 0 Å². The SMILES string of the molecule is CC(C)CCC[C@@H](C)[C@H]1CC[C@H]2[C@@H]3CC[C@H]4CC(=NNC(N)=S)CC[C@]4(C)[C@H]3CC[C@]12C. The van der Waals surface area contributed by atoms with Crippen LogP contribution >= 0.6 is 12.2 Å². The van der Waals surface area contributed by atoms with Gasteiger partial charge in [-0.1, -0.05) is 53.9 Å². The summed E-state index contributed by atoms with van der Waals surface area (Å²) in [7, 11) is 0. The van der Waals surface area contributed by atoms with Crippen LogP contribution in [0.3, 0.4) is 0 Å². The van der Waals surface area contributed by atoms with Gasteiger partial charge in [0.15, 0.2) is 5.11 Å². The molecule has 0 aliphatic heterocycles. The Labute approximate surface area is 203 Å². The molecule has 0 radical (unpaired) electrons. The molecule has 4 heteroatoms. The Kier molecular flexibility index (Phi) is 7.30. The fourth-order valence-corrected chi connectivity index (χ4v) is 9.37. The highest BCUT2D eigenvalue weighted by Gasteiger charge is 2.60. The quantitative estimate of drug-likeness (QED) is 0.324. The first-order valence-electron chi connectivity index (χ1n) is 13.8. The Morgan fingerprint density at radius 1 is 1.03 bits per heavy atom. The van der Waals surface area contributed by atoms with Gasteiger partial charge in [-0.3, -0.25) is 5.43 Å². The van der Waals surface area contributed by atoms with Crippen LogP contribution in [0.4, 0.5) is 0 Å². The van der Waals surface area contributed by atoms with E-state index < -0.39 is 0 Å². The van der Waals surface area contributed by atoms with Crippen LogP contribution in [0.15, 0.2) is 5.10 Å². The Hall–Kier alpha value is -0.640. The molecule has 0 aromatic rings. The first-order valence-corrected chi connectivity index (χ1v) is 14.2. The van der Waals surface area contributed by atoms with Gasteiger partial charge in [-0.15, -0.1) is 0 Å². The highest BCUT2D eigenvalue weighted by Crippen LogP contribution is 2.68. The van der Waals surface area contributed by atoms with Gasteiger partial charge in [0.05, 0.1) is 0 Å². The Morgan fingerprint density at radius 2 is 1.78 bits per heavy atom. The monoisotopic (exact) mass is 459 g/mol. The molecule has 4 saturated carbocycles. The summed E-state index contributed by atoms with van der Waals surface area (Å²) in [5.41, 5.74) is 10.8. The zero-order valence-corrected chi connectivity index (χ0v) is 22.3. The van der Waals surface area contributed by atoms with Crippen LogP contribution in [0.2, 0.25) is 0 Å². The van der Waals surface area contributed by atoms with Crippen LogP contribution < -0.4 is 11.2 Å². The minimum absolute atomic E-state index is 0.287. The van der Waals surface area contributed by atoms with Crippen LogP contribution in [-0.2, 0) is 0 Å². The number of hydrazone groups is 1. The molecule has 3 N–H and O–H groups in total. The molecule has 0 aromatic heterocycles. The topological polar surface area (TPSA) is 50.4 Å². The summed E-state index contributed by atoms with van der Waals surface area (Å²) in [5, 5.41) is 4.83. The van der Waals surface area contributed by atoms with E-state index in [-0.39, 0.29) is 5.11 Å². The van der Waals surface area contributed by atoms with Gasteiger partial charge in [0, 0.05) is 5.71 Å². The normalized spacial score (nSPS) is 43.4. The number of nitrogens with one attached hydrogen (secondary N) is 1. The van der Waals surface area contributed by atoms with Crippen molar-refractivity contribution in [2.24, 2.45) is 63.1 Å². The average molecular weight is 460 g/mol. The van der Waals surface area contributed by atoms with Gasteiger partial charge in [-0.05, 0) is 122 Å². The van der Waals surface area contributed by atoms with Crippen molar-refractivity contribution < 1.29 is 0 Å². The van der Waals surface area contributed by atoms with Crippen LogP contribution in [0.5, 0.6) is 0 Å². The van der Waals surface area contributed by atoms with E-state index in [1.807, 2.05) is 0 Å². The predicted octanol–water partition coefficient (Wildman–Crippen LogP) is 7.30. The van der Waals surface area contributed by atoms with Crippen molar-refractivity contribution in [3.63, 3.8) is 0 Å². The van der Waals surface area contributed by atoms with Crippen molar-refractivity contribution in [3.8, 4) is 0 Å². The lowest BCUT2D eigenvalue weighted by atomic mass is 9.44. The van der Waals surface area contributed by atoms with Crippen LogP contribution in [0.25, 0.3) is 0 Å². The Bertz CT molecular complexity index is 717. The largest absolute Gasteiger partial charge is 0.375 e. The van der Waals surface area contributed by atoms with Crippen molar-refractivity contribution in [3.05, 3.63) is 0 Å². The molecular weight excluding hydrogens is 410 g/mol. The van der Waals surface area contributed by atoms with Crippen LogP contribution in [0.1, 0.15) is 112 Å². The van der Waals surface area contributed by atoms with Crippen LogP contribution in [-0.4, -0.2) is 10.8 Å². The molecule has 0 spiro atoms. The molecule has 0 heterocycles. The first kappa shape index (κ1) is 24.5. The van der Waals surface area contributed by atoms with Crippen molar-refractivity contribution >= 4 is 23.0 Å². The fourth-order valence-electron chi connectivity index (χ4n) is 9.32. The molecule has 8 atom stereocenters. The second-order valence-corrected chi connectivity index (χ2v) is 13.5. The third kappa shape index (κ3) is 4.51. The van der Waals surface area contributed by atoms with E-state index in [0.717, 1.165) is 54.3 Å². The molecule has 182 valence electrons. The molecule has 0 saturated heterocycles. The summed E-state index contributed by atoms with van der Waals surface area (Å²) in [4.78, 5) is 0. The standard InChI is InChI=1S/C28H49N3S/c1-18(2)7-6-8-19(3)23-11-12-24-22-10-9-20-17-21(30-31-26(29)32)13-15-27(20,4)25(22)14-16-28(23,24)5/h18-20,22-25H,6-17H2,1-5H3,(H3,29,31,32)/t19-,20+,22+,23-,24+,25+,27+,28-/m1/s1. The molecule has 32 heavy (non-hydrogen) atoms. The van der Waals surface area contributed by atoms with Gasteiger partial charge >= 0.3 is 0 Å². The fraction of sp³-hybridized carbons (Fsp3) is 0.929. The summed E-state index contributed by atoms with van der Waals surface area (Å²) < 4.78 is 0. The van der Waals surface area contributed by atoms with E-state index in [2.05, 4.69) is 45.1 Å². The molecule has 4 fully saturated rings. The second-order valence-electron chi connectivity index (χ2n) is 13.0. The van der Waals surface area contributed by atoms with Gasteiger partial charge in [0.1, 0.15) is 0 Å². The summed E-state index contributed by atoms with van der Waals surface area (Å²) in [5.74, 6) is 6.38. The molecule has 0 unspecified atom stereocenters. The predicted molar refractivity (Wildman–Crippen MR) is 140 cm³/mol. The lowest BCUT2D eigenvalue weighted by Crippen LogP contribution is -2.54. The molecular formula is C28H49N3S. The van der Waals surface area contributed by atoms with E-state index in [0.29, 0.717) is 10.8 Å². The minimum atomic E-state index is 0.287. The number of hydrogen-bond donors (Lipinski definition) is 2. The maximum atomic E-state index is 5.60. The number of thiocarbonyl (C=S) groups is 1. The molecule has 4 aliphatic rings. The minimum Gasteiger partial charge on any atom is -0.375 e. The molecule has 0 amide bonds. The lowest BCUT2D eigenvalue weighted by molar-refractivity contribution is -0.105. The number of rotatable bonds is 6. The van der Waals surface area contributed by atoms with Gasteiger partial charge < -0.3 is 5.73 Å². The lowest BCUT2D eigenvalue weighted by Gasteiger charge is -2.61. The maximum absolute atomic E-state index is 5.60. The van der Waals surface area contributed by atoms with E-state index in [4.69, 9.17) is 18.0 Å². The van der Waals surface area contributed by atoms with E-state index in [1.165, 1.54) is 69.9 Å². The van der Waals surface area contributed by atoms with E-state index in [9.17, 15) is 0 Å². The van der Waals surface area contributed by atoms with E-state index in [1.54, 1.807) is 0 Å². The second kappa shape index (κ2) is 9.55. The Morgan fingerprint density at radius 3 is 2.50 bits per heavy atom. The summed E-state index contributed by atoms with van der Waals surface area (Å²) >= 11 is 4.95. The summed E-state index contributed by atoms with van der Waals surface area (Å²) in [6.45, 7) is 12.7.